The van der Waals surface area contributed by atoms with Crippen LogP contribution in [0.1, 0.15) is 50.4 Å². The van der Waals surface area contributed by atoms with Gasteiger partial charge in [0.2, 0.25) is 5.91 Å². The molecule has 0 bridgehead atoms. The molecule has 1 heterocycles. The van der Waals surface area contributed by atoms with Crippen LogP contribution in [0.25, 0.3) is 11.0 Å². The van der Waals surface area contributed by atoms with Crippen molar-refractivity contribution >= 4 is 16.9 Å². The molecule has 3 N–H and O–H groups in total. The number of nitrogens with two attached hydrogens (primary N) is 1. The highest BCUT2D eigenvalue weighted by atomic mass is 16.2. The maximum atomic E-state index is 13.3. The molecule has 1 aliphatic carbocycles. The number of rotatable bonds is 4. The first-order chi connectivity index (χ1) is 11.9. The lowest BCUT2D eigenvalue weighted by Crippen LogP contribution is -2.39. The number of aromatic amines is 1. The second kappa shape index (κ2) is 7.16. The molecule has 1 aliphatic rings. The van der Waals surface area contributed by atoms with Gasteiger partial charge in [-0.1, -0.05) is 33.3 Å². The molecule has 0 spiro atoms. The number of imidazole rings is 1. The van der Waals surface area contributed by atoms with Crippen molar-refractivity contribution in [3.8, 4) is 0 Å². The Labute approximate surface area is 148 Å². The van der Waals surface area contributed by atoms with Gasteiger partial charge in [-0.2, -0.15) is 0 Å². The van der Waals surface area contributed by atoms with E-state index in [1.54, 1.807) is 0 Å². The zero-order chi connectivity index (χ0) is 18.1. The highest BCUT2D eigenvalue weighted by Crippen LogP contribution is 2.39. The summed E-state index contributed by atoms with van der Waals surface area (Å²) in [6.45, 7) is 7.12. The number of nitrogens with one attached hydrogen (secondary N) is 1. The van der Waals surface area contributed by atoms with Gasteiger partial charge in [-0.25, -0.2) is 9.36 Å². The van der Waals surface area contributed by atoms with Crippen LogP contribution < -0.4 is 11.4 Å². The zero-order valence-corrected chi connectivity index (χ0v) is 15.4. The van der Waals surface area contributed by atoms with E-state index in [-0.39, 0.29) is 17.5 Å². The topological polar surface area (TPSA) is 80.9 Å². The summed E-state index contributed by atoms with van der Waals surface area (Å²) in [5, 5.41) is 0. The molecule has 1 saturated carbocycles. The fourth-order valence-corrected chi connectivity index (χ4v) is 4.35. The number of benzene rings is 1. The van der Waals surface area contributed by atoms with Crippen LogP contribution in [-0.2, 0) is 6.42 Å². The van der Waals surface area contributed by atoms with E-state index in [1.165, 1.54) is 4.57 Å². The molecule has 5 nitrogen and oxygen atoms in total. The second-order valence-electron chi connectivity index (χ2n) is 7.93. The van der Waals surface area contributed by atoms with E-state index in [9.17, 15) is 9.59 Å². The molecule has 1 fully saturated rings. The van der Waals surface area contributed by atoms with Crippen LogP contribution in [0.3, 0.4) is 0 Å². The Kier molecular flexibility index (Phi) is 5.13. The van der Waals surface area contributed by atoms with Crippen LogP contribution in [0.15, 0.2) is 23.0 Å². The summed E-state index contributed by atoms with van der Waals surface area (Å²) in [6, 6.07) is 5.75. The van der Waals surface area contributed by atoms with Crippen molar-refractivity contribution in [1.82, 2.24) is 9.55 Å². The first kappa shape index (κ1) is 17.9. The quantitative estimate of drug-likeness (QED) is 0.894. The number of carbonyl (C=O) groups is 1. The Hall–Kier alpha value is -1.88. The van der Waals surface area contributed by atoms with Gasteiger partial charge < -0.3 is 10.7 Å². The maximum Gasteiger partial charge on any atom is 0.333 e. The van der Waals surface area contributed by atoms with E-state index in [0.29, 0.717) is 35.3 Å². The van der Waals surface area contributed by atoms with Gasteiger partial charge in [0.25, 0.3) is 0 Å². The number of nitrogens with zero attached hydrogens (tertiary/aromatic N) is 1. The maximum absolute atomic E-state index is 13.3. The van der Waals surface area contributed by atoms with E-state index >= 15 is 0 Å². The Balaban J connectivity index is 2.01. The molecular weight excluding hydrogens is 314 g/mol. The molecule has 3 rings (SSSR count). The second-order valence-corrected chi connectivity index (χ2v) is 7.93. The van der Waals surface area contributed by atoms with Gasteiger partial charge in [0.05, 0.1) is 11.0 Å². The normalized spacial score (nSPS) is 24.1. The van der Waals surface area contributed by atoms with Gasteiger partial charge in [0.15, 0.2) is 0 Å². The minimum absolute atomic E-state index is 0.0481. The predicted octanol–water partition coefficient (Wildman–Crippen LogP) is 3.18. The number of hydrogen-bond donors (Lipinski definition) is 2. The van der Waals surface area contributed by atoms with Gasteiger partial charge >= 0.3 is 5.69 Å². The number of aromatic nitrogens is 2. The van der Waals surface area contributed by atoms with Gasteiger partial charge in [-0.05, 0) is 61.3 Å². The van der Waals surface area contributed by atoms with Crippen molar-refractivity contribution in [1.29, 1.82) is 0 Å². The minimum atomic E-state index is -0.328. The van der Waals surface area contributed by atoms with Gasteiger partial charge in [0, 0.05) is 5.92 Å². The first-order valence-electron chi connectivity index (χ1n) is 9.40. The summed E-state index contributed by atoms with van der Waals surface area (Å²) in [6.07, 6.45) is 3.85. The zero-order valence-electron chi connectivity index (χ0n) is 15.4. The molecule has 2 aromatic rings. The molecule has 3 atom stereocenters. The highest BCUT2D eigenvalue weighted by molar-refractivity contribution is 5.91. The summed E-state index contributed by atoms with van der Waals surface area (Å²) in [5.41, 5.74) is 7.75. The Morgan fingerprint density at radius 2 is 2.12 bits per heavy atom. The number of hydrogen-bond acceptors (Lipinski definition) is 3. The van der Waals surface area contributed by atoms with Gasteiger partial charge in [-0.3, -0.25) is 4.79 Å². The Morgan fingerprint density at radius 3 is 2.80 bits per heavy atom. The van der Waals surface area contributed by atoms with E-state index in [0.717, 1.165) is 31.2 Å². The molecule has 5 heteroatoms. The molecule has 0 amide bonds. The molecule has 0 saturated heterocycles. The van der Waals surface area contributed by atoms with Crippen molar-refractivity contribution in [2.75, 3.05) is 6.54 Å². The van der Waals surface area contributed by atoms with Crippen LogP contribution in [-0.4, -0.2) is 22.0 Å². The fraction of sp³-hybridized carbons (Fsp3) is 0.600. The van der Waals surface area contributed by atoms with Crippen molar-refractivity contribution in [2.45, 2.75) is 46.5 Å². The standard InChI is InChI=1S/C20H29N3O2/c1-12(2)15-6-4-13(3)10-16(15)19(24)23-18-7-5-14(8-9-21)11-17(18)22-20(23)25/h5,7,11-13,15-16H,4,6,8-10,21H2,1-3H3,(H,22,25). The lowest BCUT2D eigenvalue weighted by atomic mass is 9.69. The first-order valence-corrected chi connectivity index (χ1v) is 9.40. The molecule has 1 aromatic carbocycles. The summed E-state index contributed by atoms with van der Waals surface area (Å²) in [5.74, 6) is 1.19. The number of fused-ring (bicyclic) bond motifs is 1. The van der Waals surface area contributed by atoms with Crippen LogP contribution in [0.5, 0.6) is 0 Å². The molecule has 0 radical (unpaired) electrons. The minimum Gasteiger partial charge on any atom is -0.330 e. The fourth-order valence-electron chi connectivity index (χ4n) is 4.35. The van der Waals surface area contributed by atoms with Gasteiger partial charge in [0.1, 0.15) is 0 Å². The molecule has 3 unspecified atom stereocenters. The molecule has 0 aliphatic heterocycles. The Morgan fingerprint density at radius 1 is 1.36 bits per heavy atom. The summed E-state index contributed by atoms with van der Waals surface area (Å²) < 4.78 is 1.36. The average molecular weight is 343 g/mol. The van der Waals surface area contributed by atoms with E-state index in [4.69, 9.17) is 5.73 Å². The number of H-pyrrole nitrogens is 1. The van der Waals surface area contributed by atoms with Crippen LogP contribution >= 0.6 is 0 Å². The lowest BCUT2D eigenvalue weighted by Gasteiger charge is -2.36. The van der Waals surface area contributed by atoms with E-state index in [2.05, 4.69) is 25.8 Å². The molecule has 136 valence electrons. The third-order valence-corrected chi connectivity index (χ3v) is 5.74. The van der Waals surface area contributed by atoms with Crippen molar-refractivity contribution in [2.24, 2.45) is 29.4 Å². The highest BCUT2D eigenvalue weighted by Gasteiger charge is 2.37. The molecular formula is C20H29N3O2. The van der Waals surface area contributed by atoms with Crippen molar-refractivity contribution in [3.63, 3.8) is 0 Å². The Bertz CT molecular complexity index is 818. The summed E-state index contributed by atoms with van der Waals surface area (Å²) in [7, 11) is 0. The van der Waals surface area contributed by atoms with Crippen LogP contribution in [0.4, 0.5) is 0 Å². The molecule has 25 heavy (non-hydrogen) atoms. The largest absolute Gasteiger partial charge is 0.333 e. The number of carbonyl (C=O) groups excluding carboxylic acids is 1. The van der Waals surface area contributed by atoms with E-state index < -0.39 is 0 Å². The summed E-state index contributed by atoms with van der Waals surface area (Å²) >= 11 is 0. The van der Waals surface area contributed by atoms with E-state index in [1.807, 2.05) is 18.2 Å². The monoisotopic (exact) mass is 343 g/mol. The summed E-state index contributed by atoms with van der Waals surface area (Å²) in [4.78, 5) is 28.6. The lowest BCUT2D eigenvalue weighted by molar-refractivity contribution is 0.0634. The average Bonchev–Trinajstić information content (AvgIpc) is 2.89. The van der Waals surface area contributed by atoms with Gasteiger partial charge in [-0.15, -0.1) is 0 Å². The third-order valence-electron chi connectivity index (χ3n) is 5.74. The van der Waals surface area contributed by atoms with Crippen molar-refractivity contribution in [3.05, 3.63) is 34.2 Å². The predicted molar refractivity (Wildman–Crippen MR) is 101 cm³/mol. The molecule has 1 aromatic heterocycles. The van der Waals surface area contributed by atoms with Crippen LogP contribution in [0.2, 0.25) is 0 Å². The smallest absolute Gasteiger partial charge is 0.330 e. The SMILES string of the molecule is CC1CCC(C(C)C)C(C(=O)n2c(=O)[nH]c3cc(CCN)ccc32)C1. The third kappa shape index (κ3) is 3.43. The van der Waals surface area contributed by atoms with Crippen molar-refractivity contribution < 1.29 is 4.79 Å². The van der Waals surface area contributed by atoms with Crippen LogP contribution in [0, 0.1) is 23.7 Å².